The zero-order valence-corrected chi connectivity index (χ0v) is 18.7. The number of aromatic nitrogens is 3. The summed E-state index contributed by atoms with van der Waals surface area (Å²) in [5.74, 6) is 0.736. The monoisotopic (exact) mass is 448 g/mol. The summed E-state index contributed by atoms with van der Waals surface area (Å²) in [6, 6.07) is 19.9. The minimum absolute atomic E-state index is 0.0519. The van der Waals surface area contributed by atoms with Crippen molar-refractivity contribution < 1.29 is 9.52 Å². The van der Waals surface area contributed by atoms with Gasteiger partial charge in [-0.3, -0.25) is 0 Å². The van der Waals surface area contributed by atoms with Crippen LogP contribution >= 0.6 is 23.1 Å². The topological polar surface area (TPSA) is 95.8 Å². The molecule has 2 aromatic carbocycles. The maximum absolute atomic E-state index is 10.7. The Hall–Kier alpha value is -3.15. The van der Waals surface area contributed by atoms with E-state index in [0.29, 0.717) is 22.5 Å². The van der Waals surface area contributed by atoms with Crippen molar-refractivity contribution in [3.8, 4) is 6.07 Å². The Morgan fingerprint density at radius 1 is 1.13 bits per heavy atom. The molecule has 156 valence electrons. The molecule has 8 heteroatoms. The van der Waals surface area contributed by atoms with Crippen LogP contribution in [0, 0.1) is 11.3 Å². The summed E-state index contributed by atoms with van der Waals surface area (Å²) < 4.78 is 6.74. The summed E-state index contributed by atoms with van der Waals surface area (Å²) in [5, 5.41) is 29.0. The maximum Gasteiger partial charge on any atom is 0.277 e. The predicted octanol–water partition coefficient (Wildman–Crippen LogP) is 6.00. The largest absolute Gasteiger partial charge is 0.510 e. The summed E-state index contributed by atoms with van der Waals surface area (Å²) >= 11 is 2.60. The summed E-state index contributed by atoms with van der Waals surface area (Å²) in [6.45, 7) is 3.90. The molecule has 0 aliphatic carbocycles. The van der Waals surface area contributed by atoms with Gasteiger partial charge in [0.05, 0.1) is 15.5 Å². The number of aliphatic hydroxyl groups is 1. The molecule has 0 amide bonds. The molecule has 4 aromatic rings. The van der Waals surface area contributed by atoms with Crippen LogP contribution in [0.3, 0.4) is 0 Å². The van der Waals surface area contributed by atoms with Gasteiger partial charge in [0.1, 0.15) is 22.4 Å². The lowest BCUT2D eigenvalue weighted by Crippen LogP contribution is -2.04. The zero-order chi connectivity index (χ0) is 21.8. The number of nitriles is 1. The molecule has 0 saturated carbocycles. The Kier molecular flexibility index (Phi) is 6.35. The van der Waals surface area contributed by atoms with Crippen LogP contribution in [0.25, 0.3) is 15.8 Å². The first-order valence-electron chi connectivity index (χ1n) is 9.78. The first-order valence-corrected chi connectivity index (χ1v) is 11.5. The van der Waals surface area contributed by atoms with Crippen LogP contribution in [-0.2, 0) is 6.42 Å². The van der Waals surface area contributed by atoms with Crippen LogP contribution < -0.4 is 0 Å². The van der Waals surface area contributed by atoms with Crippen molar-refractivity contribution in [3.63, 3.8) is 0 Å². The van der Waals surface area contributed by atoms with Crippen molar-refractivity contribution >= 4 is 38.9 Å². The standard InChI is InChI=1S/C23H20N4O2S2/c1-14(16-8-4-3-5-9-16)12-20-26-27-23(29-20)30-15(2)21(28)17(13-24)22-25-18-10-6-7-11-19(18)31-22/h3-11,14-15,28H,12H2,1-2H3/b21-17+. The van der Waals surface area contributed by atoms with E-state index < -0.39 is 5.25 Å². The normalized spacial score (nSPS) is 14.1. The average molecular weight is 449 g/mol. The Morgan fingerprint density at radius 2 is 1.87 bits per heavy atom. The Labute approximate surface area is 188 Å². The molecule has 0 aliphatic rings. The zero-order valence-electron chi connectivity index (χ0n) is 17.0. The number of fused-ring (bicyclic) bond motifs is 1. The number of para-hydroxylation sites is 1. The summed E-state index contributed by atoms with van der Waals surface area (Å²) in [4.78, 5) is 4.48. The molecule has 2 unspecified atom stereocenters. The highest BCUT2D eigenvalue weighted by Crippen LogP contribution is 2.33. The summed E-state index contributed by atoms with van der Waals surface area (Å²) in [7, 11) is 0. The molecule has 1 N–H and O–H groups in total. The second-order valence-electron chi connectivity index (χ2n) is 7.10. The smallest absolute Gasteiger partial charge is 0.277 e. The highest BCUT2D eigenvalue weighted by molar-refractivity contribution is 7.99. The van der Waals surface area contributed by atoms with Crippen LogP contribution in [0.1, 0.15) is 36.2 Å². The van der Waals surface area contributed by atoms with E-state index in [1.54, 1.807) is 6.92 Å². The van der Waals surface area contributed by atoms with E-state index in [2.05, 4.69) is 40.3 Å². The van der Waals surface area contributed by atoms with Crippen molar-refractivity contribution in [3.05, 3.63) is 76.8 Å². The van der Waals surface area contributed by atoms with Crippen LogP contribution in [0.4, 0.5) is 0 Å². The van der Waals surface area contributed by atoms with Gasteiger partial charge in [-0.1, -0.05) is 61.2 Å². The first-order chi connectivity index (χ1) is 15.0. The molecule has 2 atom stereocenters. The third kappa shape index (κ3) is 4.79. The molecule has 4 rings (SSSR count). The number of rotatable bonds is 7. The van der Waals surface area contributed by atoms with E-state index in [1.807, 2.05) is 42.5 Å². The molecule has 0 fully saturated rings. The summed E-state index contributed by atoms with van der Waals surface area (Å²) in [6.07, 6.45) is 0.628. The van der Waals surface area contributed by atoms with Crippen molar-refractivity contribution in [2.75, 3.05) is 0 Å². The molecule has 0 saturated heterocycles. The second-order valence-corrected chi connectivity index (χ2v) is 9.42. The Morgan fingerprint density at radius 3 is 2.61 bits per heavy atom. The molecule has 6 nitrogen and oxygen atoms in total. The fourth-order valence-corrected chi connectivity index (χ4v) is 4.87. The minimum Gasteiger partial charge on any atom is -0.510 e. The number of thiazole rings is 1. The van der Waals surface area contributed by atoms with Gasteiger partial charge in [-0.15, -0.1) is 21.5 Å². The molecule has 2 aromatic heterocycles. The third-order valence-electron chi connectivity index (χ3n) is 4.84. The third-order valence-corrected chi connectivity index (χ3v) is 6.83. The minimum atomic E-state index is -0.443. The van der Waals surface area contributed by atoms with Crippen molar-refractivity contribution in [2.24, 2.45) is 0 Å². The van der Waals surface area contributed by atoms with Crippen molar-refractivity contribution in [2.45, 2.75) is 36.7 Å². The molecule has 0 bridgehead atoms. The van der Waals surface area contributed by atoms with Gasteiger partial charge in [-0.2, -0.15) is 5.26 Å². The fraction of sp³-hybridized carbons (Fsp3) is 0.217. The predicted molar refractivity (Wildman–Crippen MR) is 123 cm³/mol. The van der Waals surface area contributed by atoms with Gasteiger partial charge < -0.3 is 9.52 Å². The summed E-state index contributed by atoms with van der Waals surface area (Å²) in [5.41, 5.74) is 2.18. The Balaban J connectivity index is 1.48. The van der Waals surface area contributed by atoms with Gasteiger partial charge in [-0.05, 0) is 30.5 Å². The van der Waals surface area contributed by atoms with E-state index in [0.717, 1.165) is 10.2 Å². The van der Waals surface area contributed by atoms with E-state index >= 15 is 0 Å². The molecule has 0 radical (unpaired) electrons. The number of hydrogen-bond acceptors (Lipinski definition) is 8. The van der Waals surface area contributed by atoms with E-state index in [-0.39, 0.29) is 17.3 Å². The number of aliphatic hydroxyl groups excluding tert-OH is 1. The Bertz CT molecular complexity index is 1220. The molecule has 31 heavy (non-hydrogen) atoms. The van der Waals surface area contributed by atoms with Gasteiger partial charge in [0.25, 0.3) is 5.22 Å². The average Bonchev–Trinajstić information content (AvgIpc) is 3.41. The van der Waals surface area contributed by atoms with Gasteiger partial charge in [0, 0.05) is 6.42 Å². The molecule has 0 aliphatic heterocycles. The lowest BCUT2D eigenvalue weighted by atomic mass is 9.98. The molecular weight excluding hydrogens is 428 g/mol. The number of thioether (sulfide) groups is 1. The molecule has 2 heterocycles. The molecule has 0 spiro atoms. The number of allylic oxidation sites excluding steroid dienone is 1. The first kappa shape index (κ1) is 21.1. The number of nitrogens with zero attached hydrogens (tertiary/aromatic N) is 4. The van der Waals surface area contributed by atoms with Crippen molar-refractivity contribution in [1.29, 1.82) is 5.26 Å². The van der Waals surface area contributed by atoms with E-state index in [9.17, 15) is 10.4 Å². The van der Waals surface area contributed by atoms with Gasteiger partial charge in [0.15, 0.2) is 0 Å². The maximum atomic E-state index is 10.7. The molecular formula is C23H20N4O2S2. The van der Waals surface area contributed by atoms with E-state index in [1.165, 1.54) is 28.7 Å². The lowest BCUT2D eigenvalue weighted by Gasteiger charge is -2.09. The lowest BCUT2D eigenvalue weighted by molar-refractivity contribution is 0.392. The van der Waals surface area contributed by atoms with Crippen LogP contribution in [0.2, 0.25) is 0 Å². The quantitative estimate of drug-likeness (QED) is 0.210. The SMILES string of the molecule is CC(Sc1nnc(CC(C)c2ccccc2)o1)/C(O)=C(/C#N)c1nc2ccccc2s1. The van der Waals surface area contributed by atoms with Crippen LogP contribution in [-0.4, -0.2) is 25.5 Å². The van der Waals surface area contributed by atoms with Gasteiger partial charge in [-0.25, -0.2) is 4.98 Å². The van der Waals surface area contributed by atoms with Crippen LogP contribution in [0.15, 0.2) is 70.0 Å². The van der Waals surface area contributed by atoms with Crippen molar-refractivity contribution in [1.82, 2.24) is 15.2 Å². The van der Waals surface area contributed by atoms with Crippen LogP contribution in [0.5, 0.6) is 0 Å². The fourth-order valence-electron chi connectivity index (χ4n) is 3.13. The number of benzene rings is 2. The van der Waals surface area contributed by atoms with Gasteiger partial charge >= 0.3 is 0 Å². The van der Waals surface area contributed by atoms with Gasteiger partial charge in [0.2, 0.25) is 5.89 Å². The van der Waals surface area contributed by atoms with E-state index in [4.69, 9.17) is 4.42 Å². The highest BCUT2D eigenvalue weighted by Gasteiger charge is 2.22. The highest BCUT2D eigenvalue weighted by atomic mass is 32.2. The number of hydrogen-bond donors (Lipinski definition) is 1. The second kappa shape index (κ2) is 9.33.